The second kappa shape index (κ2) is 2.54. The molecule has 0 saturated heterocycles. The topological polar surface area (TPSA) is 40.5 Å². The Morgan fingerprint density at radius 2 is 2.27 bits per heavy atom. The Labute approximate surface area is 88.3 Å². The summed E-state index contributed by atoms with van der Waals surface area (Å²) in [6, 6.07) is 8.08. The number of aliphatic carboxylic acids is 1. The van der Waals surface area contributed by atoms with Gasteiger partial charge in [-0.05, 0) is 30.4 Å². The van der Waals surface area contributed by atoms with Crippen molar-refractivity contribution in [1.29, 1.82) is 0 Å². The number of benzene rings is 1. The molecule has 1 saturated carbocycles. The van der Waals surface area contributed by atoms with Crippen LogP contribution in [-0.4, -0.2) is 23.7 Å². The number of likely N-dealkylation sites (N-methyl/N-ethyl adjacent to an activating group) is 1. The molecule has 3 nitrogen and oxygen atoms in total. The lowest BCUT2D eigenvalue weighted by Crippen LogP contribution is -2.45. The number of carbonyl (C=O) groups is 1. The van der Waals surface area contributed by atoms with E-state index in [0.717, 1.165) is 18.5 Å². The molecule has 2 atom stereocenters. The molecule has 0 radical (unpaired) electrons. The van der Waals surface area contributed by atoms with Crippen molar-refractivity contribution < 1.29 is 9.90 Å². The van der Waals surface area contributed by atoms with Gasteiger partial charge in [0.05, 0.1) is 0 Å². The Bertz CT molecular complexity index is 443. The fourth-order valence-electron chi connectivity index (χ4n) is 2.86. The summed E-state index contributed by atoms with van der Waals surface area (Å²) in [5.74, 6) is -0.376. The van der Waals surface area contributed by atoms with Crippen LogP contribution in [0.15, 0.2) is 24.3 Å². The van der Waals surface area contributed by atoms with Crippen LogP contribution in [0.2, 0.25) is 0 Å². The highest BCUT2D eigenvalue weighted by atomic mass is 16.4. The predicted molar refractivity (Wildman–Crippen MR) is 57.0 cm³/mol. The molecule has 1 heterocycles. The number of carboxylic acids is 1. The third-order valence-corrected chi connectivity index (χ3v) is 3.86. The van der Waals surface area contributed by atoms with Gasteiger partial charge in [-0.25, -0.2) is 4.79 Å². The fourth-order valence-corrected chi connectivity index (χ4v) is 2.86. The van der Waals surface area contributed by atoms with Gasteiger partial charge in [-0.2, -0.15) is 0 Å². The maximum absolute atomic E-state index is 11.3. The van der Waals surface area contributed by atoms with E-state index in [1.165, 1.54) is 5.56 Å². The maximum Gasteiger partial charge on any atom is 0.329 e. The van der Waals surface area contributed by atoms with Gasteiger partial charge in [-0.3, -0.25) is 0 Å². The molecule has 0 bridgehead atoms. The zero-order valence-electron chi connectivity index (χ0n) is 8.60. The van der Waals surface area contributed by atoms with Crippen molar-refractivity contribution in [3.63, 3.8) is 0 Å². The summed E-state index contributed by atoms with van der Waals surface area (Å²) in [6.45, 7) is 0. The molecular formula is C12H13NO2. The van der Waals surface area contributed by atoms with Crippen molar-refractivity contribution in [3.05, 3.63) is 29.8 Å². The van der Waals surface area contributed by atoms with Crippen molar-refractivity contribution in [1.82, 2.24) is 0 Å². The van der Waals surface area contributed by atoms with E-state index in [4.69, 9.17) is 0 Å². The van der Waals surface area contributed by atoms with Gasteiger partial charge < -0.3 is 10.0 Å². The van der Waals surface area contributed by atoms with Crippen molar-refractivity contribution in [2.75, 3.05) is 11.9 Å². The first-order chi connectivity index (χ1) is 7.16. The van der Waals surface area contributed by atoms with Crippen LogP contribution in [0.3, 0.4) is 0 Å². The molecule has 1 aromatic carbocycles. The minimum Gasteiger partial charge on any atom is -0.479 e. The maximum atomic E-state index is 11.3. The van der Waals surface area contributed by atoms with Crippen molar-refractivity contribution in [2.45, 2.75) is 18.4 Å². The first-order valence-corrected chi connectivity index (χ1v) is 5.21. The molecule has 0 aromatic heterocycles. The van der Waals surface area contributed by atoms with Crippen LogP contribution in [0.25, 0.3) is 0 Å². The lowest BCUT2D eigenvalue weighted by Gasteiger charge is -2.33. The molecule has 0 spiro atoms. The molecule has 2 aliphatic rings. The lowest BCUT2D eigenvalue weighted by molar-refractivity contribution is -0.140. The average molecular weight is 203 g/mol. The van der Waals surface area contributed by atoms with Gasteiger partial charge in [-0.15, -0.1) is 0 Å². The fraction of sp³-hybridized carbons (Fsp3) is 0.417. The largest absolute Gasteiger partial charge is 0.479 e. The molecule has 2 unspecified atom stereocenters. The normalized spacial score (nSPS) is 31.8. The third kappa shape index (κ3) is 0.928. The number of anilines is 1. The van der Waals surface area contributed by atoms with Crippen molar-refractivity contribution in [2.24, 2.45) is 5.92 Å². The zero-order chi connectivity index (χ0) is 10.6. The number of para-hydroxylation sites is 1. The first kappa shape index (κ1) is 8.77. The smallest absolute Gasteiger partial charge is 0.329 e. The average Bonchev–Trinajstić information content (AvgIpc) is 2.94. The molecule has 3 heteroatoms. The highest BCUT2D eigenvalue weighted by Crippen LogP contribution is 2.55. The Morgan fingerprint density at radius 1 is 1.53 bits per heavy atom. The van der Waals surface area contributed by atoms with Crippen LogP contribution in [0.1, 0.15) is 12.0 Å². The summed E-state index contributed by atoms with van der Waals surface area (Å²) in [5.41, 5.74) is 1.75. The summed E-state index contributed by atoms with van der Waals surface area (Å²) in [4.78, 5) is 13.2. The van der Waals surface area contributed by atoms with Gasteiger partial charge in [0.1, 0.15) is 5.54 Å². The summed E-state index contributed by atoms with van der Waals surface area (Å²) in [6.07, 6.45) is 1.69. The highest BCUT2D eigenvalue weighted by molar-refractivity contribution is 5.89. The van der Waals surface area contributed by atoms with E-state index in [9.17, 15) is 9.90 Å². The van der Waals surface area contributed by atoms with E-state index >= 15 is 0 Å². The molecule has 78 valence electrons. The van der Waals surface area contributed by atoms with E-state index in [1.54, 1.807) is 0 Å². The first-order valence-electron chi connectivity index (χ1n) is 5.21. The second-order valence-electron chi connectivity index (χ2n) is 4.52. The molecule has 15 heavy (non-hydrogen) atoms. The Kier molecular flexibility index (Phi) is 1.48. The van der Waals surface area contributed by atoms with Crippen LogP contribution in [0.5, 0.6) is 0 Å². The van der Waals surface area contributed by atoms with Crippen LogP contribution < -0.4 is 4.90 Å². The molecule has 1 aliphatic carbocycles. The molecule has 3 rings (SSSR count). The van der Waals surface area contributed by atoms with Gasteiger partial charge in [0.15, 0.2) is 0 Å². The van der Waals surface area contributed by atoms with Crippen LogP contribution in [-0.2, 0) is 11.2 Å². The van der Waals surface area contributed by atoms with Gasteiger partial charge in [0.25, 0.3) is 0 Å². The standard InChI is InChI=1S/C12H13NO2/c1-13-10-5-3-2-4-8(10)6-9-7-12(9,13)11(14)15/h2-5,9H,6-7H2,1H3,(H,14,15). The third-order valence-electron chi connectivity index (χ3n) is 3.86. The quantitative estimate of drug-likeness (QED) is 0.752. The Balaban J connectivity index is 2.10. The minimum absolute atomic E-state index is 0.301. The number of carboxylic acid groups (broad SMARTS) is 1. The molecular weight excluding hydrogens is 190 g/mol. The lowest BCUT2D eigenvalue weighted by atomic mass is 9.96. The SMILES string of the molecule is CN1c2ccccc2CC2CC21C(=O)O. The van der Waals surface area contributed by atoms with Crippen LogP contribution >= 0.6 is 0 Å². The minimum atomic E-state index is -0.676. The van der Waals surface area contributed by atoms with Crippen LogP contribution in [0, 0.1) is 5.92 Å². The molecule has 0 amide bonds. The summed E-state index contributed by atoms with van der Waals surface area (Å²) >= 11 is 0. The Morgan fingerprint density at radius 3 is 3.00 bits per heavy atom. The highest BCUT2D eigenvalue weighted by Gasteiger charge is 2.65. The van der Waals surface area contributed by atoms with E-state index in [0.29, 0.717) is 5.92 Å². The zero-order valence-corrected chi connectivity index (χ0v) is 8.60. The van der Waals surface area contributed by atoms with Gasteiger partial charge in [0, 0.05) is 12.7 Å². The van der Waals surface area contributed by atoms with Gasteiger partial charge >= 0.3 is 5.97 Å². The summed E-state index contributed by atoms with van der Waals surface area (Å²) < 4.78 is 0. The number of hydrogen-bond acceptors (Lipinski definition) is 2. The van der Waals surface area contributed by atoms with E-state index in [-0.39, 0.29) is 0 Å². The number of hydrogen-bond donors (Lipinski definition) is 1. The molecule has 1 aromatic rings. The second-order valence-corrected chi connectivity index (χ2v) is 4.52. The van der Waals surface area contributed by atoms with Crippen molar-refractivity contribution >= 4 is 11.7 Å². The number of nitrogens with zero attached hydrogens (tertiary/aromatic N) is 1. The van der Waals surface area contributed by atoms with Gasteiger partial charge in [-0.1, -0.05) is 18.2 Å². The van der Waals surface area contributed by atoms with Crippen molar-refractivity contribution in [3.8, 4) is 0 Å². The van der Waals surface area contributed by atoms with Gasteiger partial charge in [0.2, 0.25) is 0 Å². The molecule has 1 fully saturated rings. The molecule has 1 aliphatic heterocycles. The van der Waals surface area contributed by atoms with E-state index in [2.05, 4.69) is 6.07 Å². The Hall–Kier alpha value is -1.51. The number of rotatable bonds is 1. The monoisotopic (exact) mass is 203 g/mol. The number of fused-ring (bicyclic) bond motifs is 2. The predicted octanol–water partition coefficient (Wildman–Crippen LogP) is 1.52. The summed E-state index contributed by atoms with van der Waals surface area (Å²) in [7, 11) is 1.89. The van der Waals surface area contributed by atoms with Crippen LogP contribution in [0.4, 0.5) is 5.69 Å². The van der Waals surface area contributed by atoms with E-state index in [1.807, 2.05) is 30.1 Å². The van der Waals surface area contributed by atoms with E-state index < -0.39 is 11.5 Å². The summed E-state index contributed by atoms with van der Waals surface area (Å²) in [5, 5.41) is 9.29. The molecule has 1 N–H and O–H groups in total.